The molecule has 2 aromatic carbocycles. The van der Waals surface area contributed by atoms with Crippen molar-refractivity contribution in [3.63, 3.8) is 0 Å². The van der Waals surface area contributed by atoms with Gasteiger partial charge in [-0.3, -0.25) is 4.79 Å². The lowest BCUT2D eigenvalue weighted by Crippen LogP contribution is -2.19. The van der Waals surface area contributed by atoms with Gasteiger partial charge >= 0.3 is 0 Å². The van der Waals surface area contributed by atoms with Gasteiger partial charge in [0.25, 0.3) is 5.56 Å². The van der Waals surface area contributed by atoms with E-state index in [1.54, 1.807) is 42.5 Å². The van der Waals surface area contributed by atoms with Crippen LogP contribution in [0.2, 0.25) is 5.02 Å². The predicted molar refractivity (Wildman–Crippen MR) is 87.2 cm³/mol. The lowest BCUT2D eigenvalue weighted by atomic mass is 10.1. The molecule has 116 valence electrons. The van der Waals surface area contributed by atoms with E-state index in [9.17, 15) is 13.2 Å². The monoisotopic (exact) mass is 346 g/mol. The van der Waals surface area contributed by atoms with E-state index >= 15 is 0 Å². The Hall–Kier alpha value is -2.44. The maximum Gasteiger partial charge on any atom is 0.283 e. The molecule has 3 aromatic rings. The van der Waals surface area contributed by atoms with Crippen LogP contribution in [-0.4, -0.2) is 18.6 Å². The first kappa shape index (κ1) is 15.5. The molecule has 1 N–H and O–H groups in total. The molecule has 23 heavy (non-hydrogen) atoms. The minimum atomic E-state index is -3.92. The fourth-order valence-electron chi connectivity index (χ4n) is 2.08. The van der Waals surface area contributed by atoms with Gasteiger partial charge in [0.2, 0.25) is 9.84 Å². The predicted octanol–water partition coefficient (Wildman–Crippen LogP) is 2.92. The first-order valence-corrected chi connectivity index (χ1v) is 8.50. The first-order valence-electron chi connectivity index (χ1n) is 6.64. The van der Waals surface area contributed by atoms with Gasteiger partial charge in [0.15, 0.2) is 0 Å². The van der Waals surface area contributed by atoms with Crippen LogP contribution in [0.3, 0.4) is 0 Å². The van der Waals surface area contributed by atoms with Crippen LogP contribution in [0, 0.1) is 0 Å². The Morgan fingerprint density at radius 1 is 0.957 bits per heavy atom. The number of H-pyrrole nitrogens is 1. The van der Waals surface area contributed by atoms with Crippen LogP contribution < -0.4 is 5.56 Å². The molecule has 0 saturated heterocycles. The van der Waals surface area contributed by atoms with E-state index in [1.807, 2.05) is 0 Å². The minimum Gasteiger partial charge on any atom is -0.267 e. The van der Waals surface area contributed by atoms with E-state index in [1.165, 1.54) is 18.2 Å². The van der Waals surface area contributed by atoms with Gasteiger partial charge in [-0.05, 0) is 30.3 Å². The number of sulfone groups is 1. The van der Waals surface area contributed by atoms with Crippen molar-refractivity contribution in [2.75, 3.05) is 0 Å². The Kier molecular flexibility index (Phi) is 4.02. The highest BCUT2D eigenvalue weighted by Crippen LogP contribution is 2.23. The zero-order valence-electron chi connectivity index (χ0n) is 11.7. The molecule has 7 heteroatoms. The summed E-state index contributed by atoms with van der Waals surface area (Å²) in [4.78, 5) is 11.7. The van der Waals surface area contributed by atoms with Gasteiger partial charge in [-0.2, -0.15) is 5.10 Å². The van der Waals surface area contributed by atoms with Gasteiger partial charge in [-0.1, -0.05) is 41.9 Å². The van der Waals surface area contributed by atoms with Crippen LogP contribution >= 0.6 is 11.6 Å². The van der Waals surface area contributed by atoms with Gasteiger partial charge in [-0.15, -0.1) is 0 Å². The summed E-state index contributed by atoms with van der Waals surface area (Å²) in [5, 5.41) is 6.69. The molecule has 1 aromatic heterocycles. The molecule has 0 amide bonds. The fourth-order valence-corrected chi connectivity index (χ4v) is 3.53. The molecule has 0 spiro atoms. The molecule has 0 saturated carbocycles. The van der Waals surface area contributed by atoms with Crippen molar-refractivity contribution in [1.29, 1.82) is 0 Å². The lowest BCUT2D eigenvalue weighted by Gasteiger charge is -2.06. The highest BCUT2D eigenvalue weighted by Gasteiger charge is 2.22. The highest BCUT2D eigenvalue weighted by atomic mass is 35.5. The average molecular weight is 347 g/mol. The molecule has 0 fully saturated rings. The second kappa shape index (κ2) is 5.98. The van der Waals surface area contributed by atoms with Crippen molar-refractivity contribution in [3.8, 4) is 11.3 Å². The van der Waals surface area contributed by atoms with Crippen LogP contribution in [0.1, 0.15) is 0 Å². The average Bonchev–Trinajstić information content (AvgIpc) is 2.57. The molecule has 1 heterocycles. The van der Waals surface area contributed by atoms with Crippen molar-refractivity contribution in [2.45, 2.75) is 9.79 Å². The number of aromatic amines is 1. The molecule has 0 aliphatic carbocycles. The van der Waals surface area contributed by atoms with E-state index in [-0.39, 0.29) is 9.79 Å². The lowest BCUT2D eigenvalue weighted by molar-refractivity contribution is 0.594. The van der Waals surface area contributed by atoms with Gasteiger partial charge in [0.1, 0.15) is 4.90 Å². The SMILES string of the molecule is O=c1[nH]nc(-c2ccc(Cl)cc2)cc1S(=O)(=O)c1ccccc1. The zero-order chi connectivity index (χ0) is 16.4. The van der Waals surface area contributed by atoms with Gasteiger partial charge in [0.05, 0.1) is 10.6 Å². The van der Waals surface area contributed by atoms with Gasteiger partial charge in [0, 0.05) is 10.6 Å². The third kappa shape index (κ3) is 3.04. The molecule has 3 rings (SSSR count). The Morgan fingerprint density at radius 3 is 2.26 bits per heavy atom. The molecule has 5 nitrogen and oxygen atoms in total. The number of nitrogens with zero attached hydrogens (tertiary/aromatic N) is 1. The first-order chi connectivity index (χ1) is 11.0. The van der Waals surface area contributed by atoms with Crippen LogP contribution in [0.4, 0.5) is 0 Å². The smallest absolute Gasteiger partial charge is 0.267 e. The number of benzene rings is 2. The number of halogens is 1. The largest absolute Gasteiger partial charge is 0.283 e. The molecule has 0 radical (unpaired) electrons. The van der Waals surface area contributed by atoms with Crippen LogP contribution in [0.15, 0.2) is 75.2 Å². The van der Waals surface area contributed by atoms with Gasteiger partial charge in [-0.25, -0.2) is 13.5 Å². The summed E-state index contributed by atoms with van der Waals surface area (Å²) in [6.07, 6.45) is 0. The maximum absolute atomic E-state index is 12.6. The van der Waals surface area contributed by atoms with Crippen molar-refractivity contribution in [2.24, 2.45) is 0 Å². The normalized spacial score (nSPS) is 11.3. The fraction of sp³-hybridized carbons (Fsp3) is 0. The number of hydrogen-bond donors (Lipinski definition) is 1. The van der Waals surface area contributed by atoms with Crippen LogP contribution in [-0.2, 0) is 9.84 Å². The number of aromatic nitrogens is 2. The Bertz CT molecular complexity index is 998. The van der Waals surface area contributed by atoms with E-state index in [4.69, 9.17) is 11.6 Å². The van der Waals surface area contributed by atoms with Crippen LogP contribution in [0.25, 0.3) is 11.3 Å². The third-order valence-corrected chi connectivity index (χ3v) is 5.28. The van der Waals surface area contributed by atoms with Crippen molar-refractivity contribution in [1.82, 2.24) is 10.2 Å². The Labute approximate surface area is 137 Å². The number of hydrogen-bond acceptors (Lipinski definition) is 4. The summed E-state index contributed by atoms with van der Waals surface area (Å²) in [5.41, 5.74) is 0.234. The summed E-state index contributed by atoms with van der Waals surface area (Å²) in [7, 11) is -3.92. The molecular formula is C16H11ClN2O3S. The standard InChI is InChI=1S/C16H11ClN2O3S/c17-12-8-6-11(7-9-12)14-10-15(16(20)19-18-14)23(21,22)13-4-2-1-3-5-13/h1-10H,(H,19,20). The van der Waals surface area contributed by atoms with Crippen molar-refractivity contribution >= 4 is 21.4 Å². The summed E-state index contributed by atoms with van der Waals surface area (Å²) < 4.78 is 25.2. The number of nitrogens with one attached hydrogen (secondary N) is 1. The highest BCUT2D eigenvalue weighted by molar-refractivity contribution is 7.91. The number of rotatable bonds is 3. The summed E-state index contributed by atoms with van der Waals surface area (Å²) in [6.45, 7) is 0. The Balaban J connectivity index is 2.16. The van der Waals surface area contributed by atoms with Crippen molar-refractivity contribution < 1.29 is 8.42 Å². The molecule has 0 bridgehead atoms. The molecule has 0 aliphatic heterocycles. The maximum atomic E-state index is 12.6. The van der Waals surface area contributed by atoms with E-state index in [0.717, 1.165) is 0 Å². The summed E-state index contributed by atoms with van der Waals surface area (Å²) in [5.74, 6) is 0. The quantitative estimate of drug-likeness (QED) is 0.790. The summed E-state index contributed by atoms with van der Waals surface area (Å²) in [6, 6.07) is 15.8. The molecule has 0 atom stereocenters. The zero-order valence-corrected chi connectivity index (χ0v) is 13.3. The molecular weight excluding hydrogens is 336 g/mol. The van der Waals surface area contributed by atoms with Gasteiger partial charge < -0.3 is 0 Å². The summed E-state index contributed by atoms with van der Waals surface area (Å²) >= 11 is 5.83. The second-order valence-electron chi connectivity index (χ2n) is 4.77. The molecule has 0 unspecified atom stereocenters. The van der Waals surface area contributed by atoms with Crippen LogP contribution in [0.5, 0.6) is 0 Å². The molecule has 0 aliphatic rings. The third-order valence-electron chi connectivity index (χ3n) is 3.25. The van der Waals surface area contributed by atoms with E-state index in [0.29, 0.717) is 16.3 Å². The van der Waals surface area contributed by atoms with Crippen molar-refractivity contribution in [3.05, 3.63) is 76.0 Å². The Morgan fingerprint density at radius 2 is 1.61 bits per heavy atom. The van der Waals surface area contributed by atoms with E-state index < -0.39 is 15.4 Å². The second-order valence-corrected chi connectivity index (χ2v) is 7.12. The minimum absolute atomic E-state index is 0.0544. The van der Waals surface area contributed by atoms with E-state index in [2.05, 4.69) is 10.2 Å². The topological polar surface area (TPSA) is 79.9 Å².